The van der Waals surface area contributed by atoms with Crippen LogP contribution in [0.1, 0.15) is 21.5 Å². The van der Waals surface area contributed by atoms with Crippen molar-refractivity contribution < 1.29 is 4.79 Å². The van der Waals surface area contributed by atoms with Crippen LogP contribution in [0.2, 0.25) is 0 Å². The molecule has 0 atom stereocenters. The highest BCUT2D eigenvalue weighted by Gasteiger charge is 2.15. The summed E-state index contributed by atoms with van der Waals surface area (Å²) in [6.07, 6.45) is 0. The maximum Gasteiger partial charge on any atom is 0.256 e. The second-order valence-corrected chi connectivity index (χ2v) is 7.85. The molecule has 0 radical (unpaired) electrons. The number of aromatic nitrogens is 1. The fourth-order valence-corrected chi connectivity index (χ4v) is 4.47. The number of nitrogens with zero attached hydrogens (tertiary/aromatic N) is 1. The first-order valence-corrected chi connectivity index (χ1v) is 9.63. The van der Waals surface area contributed by atoms with E-state index >= 15 is 0 Å². The topological polar surface area (TPSA) is 42.0 Å². The Kier molecular flexibility index (Phi) is 4.11. The first-order valence-electron chi connectivity index (χ1n) is 7.94. The number of amides is 1. The average Bonchev–Trinajstić information content (AvgIpc) is 3.23. The van der Waals surface area contributed by atoms with Crippen molar-refractivity contribution in [2.24, 2.45) is 0 Å². The normalized spacial score (nSPS) is 11.0. The van der Waals surface area contributed by atoms with E-state index in [0.29, 0.717) is 5.56 Å². The predicted octanol–water partition coefficient (Wildman–Crippen LogP) is 5.89. The summed E-state index contributed by atoms with van der Waals surface area (Å²) in [4.78, 5) is 17.3. The van der Waals surface area contributed by atoms with Gasteiger partial charge in [0.2, 0.25) is 0 Å². The van der Waals surface area contributed by atoms with Crippen LogP contribution in [-0.4, -0.2) is 10.9 Å². The highest BCUT2D eigenvalue weighted by Crippen LogP contribution is 2.37. The lowest BCUT2D eigenvalue weighted by Gasteiger charge is -2.07. The lowest BCUT2D eigenvalue weighted by atomic mass is 10.1. The molecule has 5 heteroatoms. The number of para-hydroxylation sites is 1. The second-order valence-electron chi connectivity index (χ2n) is 5.90. The molecule has 25 heavy (non-hydrogen) atoms. The molecular weight excluding hydrogens is 348 g/mol. The third kappa shape index (κ3) is 3.08. The highest BCUT2D eigenvalue weighted by molar-refractivity contribution is 7.22. The van der Waals surface area contributed by atoms with Gasteiger partial charge in [-0.05, 0) is 60.7 Å². The van der Waals surface area contributed by atoms with Gasteiger partial charge in [-0.1, -0.05) is 18.2 Å². The van der Waals surface area contributed by atoms with Crippen LogP contribution in [0, 0.1) is 13.8 Å². The van der Waals surface area contributed by atoms with Crippen LogP contribution in [0.4, 0.5) is 5.00 Å². The monoisotopic (exact) mass is 364 g/mol. The van der Waals surface area contributed by atoms with Crippen molar-refractivity contribution in [2.45, 2.75) is 13.8 Å². The summed E-state index contributed by atoms with van der Waals surface area (Å²) in [5, 5.41) is 6.79. The van der Waals surface area contributed by atoms with Crippen molar-refractivity contribution >= 4 is 43.8 Å². The van der Waals surface area contributed by atoms with E-state index in [9.17, 15) is 4.79 Å². The van der Waals surface area contributed by atoms with Gasteiger partial charge in [-0.2, -0.15) is 0 Å². The third-order valence-electron chi connectivity index (χ3n) is 4.19. The third-order valence-corrected chi connectivity index (χ3v) is 6.09. The number of carbonyl (C=O) groups is 1. The Morgan fingerprint density at radius 2 is 1.88 bits per heavy atom. The Morgan fingerprint density at radius 3 is 2.68 bits per heavy atom. The first-order chi connectivity index (χ1) is 12.1. The number of rotatable bonds is 3. The summed E-state index contributed by atoms with van der Waals surface area (Å²) in [7, 11) is 0. The van der Waals surface area contributed by atoms with E-state index in [-0.39, 0.29) is 5.91 Å². The van der Waals surface area contributed by atoms with Gasteiger partial charge in [-0.15, -0.1) is 22.7 Å². The van der Waals surface area contributed by atoms with Crippen LogP contribution in [0.15, 0.2) is 53.9 Å². The Bertz CT molecular complexity index is 1050. The van der Waals surface area contributed by atoms with E-state index in [1.807, 2.05) is 61.7 Å². The van der Waals surface area contributed by atoms with Gasteiger partial charge in [-0.3, -0.25) is 4.79 Å². The predicted molar refractivity (Wildman–Crippen MR) is 107 cm³/mol. The maximum absolute atomic E-state index is 12.6. The van der Waals surface area contributed by atoms with Gasteiger partial charge in [0.25, 0.3) is 5.91 Å². The Hall–Kier alpha value is -2.50. The van der Waals surface area contributed by atoms with Gasteiger partial charge < -0.3 is 5.32 Å². The molecule has 0 saturated carbocycles. The van der Waals surface area contributed by atoms with Crippen molar-refractivity contribution in [2.75, 3.05) is 5.32 Å². The van der Waals surface area contributed by atoms with E-state index < -0.39 is 0 Å². The van der Waals surface area contributed by atoms with Crippen LogP contribution >= 0.6 is 22.7 Å². The summed E-state index contributed by atoms with van der Waals surface area (Å²) in [6, 6.07) is 15.9. The number of hydrogen-bond acceptors (Lipinski definition) is 4. The number of carbonyl (C=O) groups excluding carboxylic acids is 1. The van der Waals surface area contributed by atoms with E-state index in [1.165, 1.54) is 16.9 Å². The standard InChI is InChI=1S/C20H16N2OS2/c1-12-7-8-14(11-13(12)2)18(23)22-19-15(9-10-24-19)20-21-16-5-3-4-6-17(16)25-20/h3-11H,1-2H3,(H,22,23). The van der Waals surface area contributed by atoms with Crippen LogP contribution < -0.4 is 5.32 Å². The molecule has 0 aliphatic carbocycles. The fraction of sp³-hybridized carbons (Fsp3) is 0.100. The van der Waals surface area contributed by atoms with E-state index in [2.05, 4.69) is 11.4 Å². The highest BCUT2D eigenvalue weighted by atomic mass is 32.1. The molecule has 0 aliphatic heterocycles. The Balaban J connectivity index is 1.65. The van der Waals surface area contributed by atoms with Gasteiger partial charge in [-0.25, -0.2) is 4.98 Å². The molecule has 1 N–H and O–H groups in total. The van der Waals surface area contributed by atoms with Crippen LogP contribution in [-0.2, 0) is 0 Å². The van der Waals surface area contributed by atoms with E-state index in [1.54, 1.807) is 11.3 Å². The first kappa shape index (κ1) is 16.0. The number of anilines is 1. The van der Waals surface area contributed by atoms with Gasteiger partial charge in [0, 0.05) is 11.1 Å². The molecule has 0 unspecified atom stereocenters. The average molecular weight is 364 g/mol. The molecule has 1 amide bonds. The number of thiazole rings is 1. The lowest BCUT2D eigenvalue weighted by Crippen LogP contribution is -2.11. The molecule has 0 spiro atoms. The molecule has 0 bridgehead atoms. The molecule has 2 aromatic heterocycles. The zero-order valence-electron chi connectivity index (χ0n) is 13.9. The summed E-state index contributed by atoms with van der Waals surface area (Å²) in [5.41, 5.74) is 4.93. The maximum atomic E-state index is 12.6. The minimum absolute atomic E-state index is 0.0899. The molecule has 4 aromatic rings. The molecule has 0 fully saturated rings. The minimum Gasteiger partial charge on any atom is -0.313 e. The number of nitrogens with one attached hydrogen (secondary N) is 1. The Labute approximate surface area is 154 Å². The quantitative estimate of drug-likeness (QED) is 0.492. The molecule has 0 saturated heterocycles. The molecule has 2 aromatic carbocycles. The van der Waals surface area contributed by atoms with Crippen molar-refractivity contribution in [3.8, 4) is 10.6 Å². The minimum atomic E-state index is -0.0899. The van der Waals surface area contributed by atoms with E-state index in [4.69, 9.17) is 4.98 Å². The number of benzene rings is 2. The number of hydrogen-bond donors (Lipinski definition) is 1. The SMILES string of the molecule is Cc1ccc(C(=O)Nc2sccc2-c2nc3ccccc3s2)cc1C. The molecule has 4 rings (SSSR count). The molecular formula is C20H16N2OS2. The van der Waals surface area contributed by atoms with Crippen LogP contribution in [0.25, 0.3) is 20.8 Å². The second kappa shape index (κ2) is 6.43. The van der Waals surface area contributed by atoms with Crippen molar-refractivity contribution in [1.82, 2.24) is 4.98 Å². The molecule has 3 nitrogen and oxygen atoms in total. The van der Waals surface area contributed by atoms with Crippen LogP contribution in [0.3, 0.4) is 0 Å². The van der Waals surface area contributed by atoms with E-state index in [0.717, 1.165) is 31.4 Å². The summed E-state index contributed by atoms with van der Waals surface area (Å²) in [5.74, 6) is -0.0899. The van der Waals surface area contributed by atoms with Crippen molar-refractivity contribution in [1.29, 1.82) is 0 Å². The smallest absolute Gasteiger partial charge is 0.256 e. The van der Waals surface area contributed by atoms with Gasteiger partial charge >= 0.3 is 0 Å². The summed E-state index contributed by atoms with van der Waals surface area (Å²) >= 11 is 3.16. The fourth-order valence-electron chi connectivity index (χ4n) is 2.62. The van der Waals surface area contributed by atoms with Gasteiger partial charge in [0.05, 0.1) is 10.2 Å². The van der Waals surface area contributed by atoms with Crippen LogP contribution in [0.5, 0.6) is 0 Å². The summed E-state index contributed by atoms with van der Waals surface area (Å²) < 4.78 is 1.15. The number of aryl methyl sites for hydroxylation is 2. The molecule has 2 heterocycles. The summed E-state index contributed by atoms with van der Waals surface area (Å²) in [6.45, 7) is 4.06. The zero-order chi connectivity index (χ0) is 17.4. The largest absolute Gasteiger partial charge is 0.313 e. The number of thiophene rings is 1. The van der Waals surface area contributed by atoms with Crippen molar-refractivity contribution in [3.05, 3.63) is 70.6 Å². The number of fused-ring (bicyclic) bond motifs is 1. The van der Waals surface area contributed by atoms with Gasteiger partial charge in [0.15, 0.2) is 0 Å². The molecule has 124 valence electrons. The zero-order valence-corrected chi connectivity index (χ0v) is 15.5. The van der Waals surface area contributed by atoms with Gasteiger partial charge in [0.1, 0.15) is 10.0 Å². The van der Waals surface area contributed by atoms with Crippen molar-refractivity contribution in [3.63, 3.8) is 0 Å². The molecule has 0 aliphatic rings. The lowest BCUT2D eigenvalue weighted by molar-refractivity contribution is 0.102. The Morgan fingerprint density at radius 1 is 1.04 bits per heavy atom.